The Morgan fingerprint density at radius 3 is 3.12 bits per heavy atom. The van der Waals surface area contributed by atoms with E-state index in [1.54, 1.807) is 12.3 Å². The number of pyridine rings is 1. The summed E-state index contributed by atoms with van der Waals surface area (Å²) in [7, 11) is 0. The van der Waals surface area contributed by atoms with Crippen LogP contribution in [0, 0.1) is 0 Å². The van der Waals surface area contributed by atoms with E-state index in [-0.39, 0.29) is 11.3 Å². The molecule has 0 aliphatic carbocycles. The lowest BCUT2D eigenvalue weighted by molar-refractivity contribution is -0.123. The highest BCUT2D eigenvalue weighted by atomic mass is 16.1. The van der Waals surface area contributed by atoms with Crippen molar-refractivity contribution < 1.29 is 4.79 Å². The number of nitrogen functional groups attached to an aromatic ring is 1. The molecule has 0 amide bonds. The summed E-state index contributed by atoms with van der Waals surface area (Å²) < 4.78 is 0. The molecule has 0 spiro atoms. The first kappa shape index (κ1) is 11.1. The number of hydrogen-bond donors (Lipinski definition) is 2. The number of hydrogen-bond acceptors (Lipinski definition) is 4. The molecule has 1 aromatic heterocycles. The average molecular weight is 219 g/mol. The molecule has 2 rings (SSSR count). The minimum atomic E-state index is -0.349. The maximum atomic E-state index is 12.1. The summed E-state index contributed by atoms with van der Waals surface area (Å²) in [6.07, 6.45) is 4.06. The van der Waals surface area contributed by atoms with Crippen LogP contribution >= 0.6 is 0 Å². The highest BCUT2D eigenvalue weighted by Gasteiger charge is 2.35. The fourth-order valence-corrected chi connectivity index (χ4v) is 2.12. The van der Waals surface area contributed by atoms with Gasteiger partial charge < -0.3 is 11.1 Å². The number of rotatable bonds is 3. The van der Waals surface area contributed by atoms with Crippen molar-refractivity contribution in [2.24, 2.45) is 0 Å². The Balaban J connectivity index is 2.07. The topological polar surface area (TPSA) is 68.0 Å². The molecule has 4 heteroatoms. The van der Waals surface area contributed by atoms with E-state index >= 15 is 0 Å². The van der Waals surface area contributed by atoms with E-state index in [9.17, 15) is 4.79 Å². The standard InChI is InChI=1S/C12H17N3O/c1-12(4-2-5-15-12)10(16)7-9-3-6-14-11(13)8-9/h3,6,8,15H,2,4-5,7H2,1H3,(H2,13,14). The molecule has 0 radical (unpaired) electrons. The highest BCUT2D eigenvalue weighted by molar-refractivity contribution is 5.90. The van der Waals surface area contributed by atoms with Crippen molar-refractivity contribution in [2.75, 3.05) is 12.3 Å². The van der Waals surface area contributed by atoms with Crippen molar-refractivity contribution in [1.29, 1.82) is 0 Å². The van der Waals surface area contributed by atoms with E-state index < -0.39 is 0 Å². The molecule has 3 N–H and O–H groups in total. The molecule has 1 unspecified atom stereocenters. The zero-order valence-electron chi connectivity index (χ0n) is 9.49. The quantitative estimate of drug-likeness (QED) is 0.793. The van der Waals surface area contributed by atoms with E-state index in [1.807, 2.05) is 13.0 Å². The molecule has 0 aromatic carbocycles. The Morgan fingerprint density at radius 1 is 1.69 bits per heavy atom. The van der Waals surface area contributed by atoms with Gasteiger partial charge in [-0.15, -0.1) is 0 Å². The number of ketones is 1. The number of nitrogens with two attached hydrogens (primary N) is 1. The Hall–Kier alpha value is -1.42. The Morgan fingerprint density at radius 2 is 2.50 bits per heavy atom. The molecule has 0 bridgehead atoms. The van der Waals surface area contributed by atoms with Crippen molar-refractivity contribution in [3.63, 3.8) is 0 Å². The lowest BCUT2D eigenvalue weighted by Crippen LogP contribution is -2.45. The summed E-state index contributed by atoms with van der Waals surface area (Å²) in [5.74, 6) is 0.699. The van der Waals surface area contributed by atoms with Crippen LogP contribution in [-0.2, 0) is 11.2 Å². The van der Waals surface area contributed by atoms with Gasteiger partial charge in [0.05, 0.1) is 5.54 Å². The zero-order valence-corrected chi connectivity index (χ0v) is 9.49. The van der Waals surface area contributed by atoms with Gasteiger partial charge in [0, 0.05) is 12.6 Å². The van der Waals surface area contributed by atoms with Gasteiger partial charge in [-0.2, -0.15) is 0 Å². The van der Waals surface area contributed by atoms with Crippen LogP contribution in [0.4, 0.5) is 5.82 Å². The first-order valence-electron chi connectivity index (χ1n) is 5.59. The van der Waals surface area contributed by atoms with Crippen molar-refractivity contribution in [3.05, 3.63) is 23.9 Å². The number of carbonyl (C=O) groups excluding carboxylic acids is 1. The number of nitrogens with zero attached hydrogens (tertiary/aromatic N) is 1. The van der Waals surface area contributed by atoms with Crippen LogP contribution in [0.25, 0.3) is 0 Å². The summed E-state index contributed by atoms with van der Waals surface area (Å²) in [5, 5.41) is 3.27. The molecule has 1 aromatic rings. The van der Waals surface area contributed by atoms with Gasteiger partial charge in [0.1, 0.15) is 5.82 Å². The van der Waals surface area contributed by atoms with Gasteiger partial charge in [-0.1, -0.05) is 0 Å². The third-order valence-corrected chi connectivity index (χ3v) is 3.19. The lowest BCUT2D eigenvalue weighted by Gasteiger charge is -2.22. The number of nitrogens with one attached hydrogen (secondary N) is 1. The number of Topliss-reactive ketones (excluding diaryl/α,β-unsaturated/α-hetero) is 1. The van der Waals surface area contributed by atoms with E-state index in [0.717, 1.165) is 24.9 Å². The number of carbonyl (C=O) groups is 1. The minimum absolute atomic E-state index is 0.232. The van der Waals surface area contributed by atoms with Crippen LogP contribution in [0.3, 0.4) is 0 Å². The van der Waals surface area contributed by atoms with Gasteiger partial charge in [-0.3, -0.25) is 4.79 Å². The average Bonchev–Trinajstić information content (AvgIpc) is 2.66. The van der Waals surface area contributed by atoms with E-state index in [2.05, 4.69) is 10.3 Å². The molecule has 86 valence electrons. The normalized spacial score (nSPS) is 24.6. The number of anilines is 1. The van der Waals surface area contributed by atoms with Crippen molar-refractivity contribution in [3.8, 4) is 0 Å². The zero-order chi connectivity index (χ0) is 11.6. The van der Waals surface area contributed by atoms with Gasteiger partial charge >= 0.3 is 0 Å². The molecule has 1 atom stereocenters. The second-order valence-corrected chi connectivity index (χ2v) is 4.55. The maximum absolute atomic E-state index is 12.1. The molecule has 1 saturated heterocycles. The van der Waals surface area contributed by atoms with Crippen LogP contribution < -0.4 is 11.1 Å². The summed E-state index contributed by atoms with van der Waals surface area (Å²) in [5.41, 5.74) is 6.17. The van der Waals surface area contributed by atoms with Crippen LogP contribution in [0.5, 0.6) is 0 Å². The van der Waals surface area contributed by atoms with Crippen molar-refractivity contribution >= 4 is 11.6 Å². The maximum Gasteiger partial charge on any atom is 0.156 e. The minimum Gasteiger partial charge on any atom is -0.384 e. The molecule has 1 aliphatic rings. The number of aromatic nitrogens is 1. The molecule has 4 nitrogen and oxygen atoms in total. The van der Waals surface area contributed by atoms with Crippen LogP contribution in [0.2, 0.25) is 0 Å². The summed E-state index contributed by atoms with van der Waals surface area (Å²) in [4.78, 5) is 16.0. The molecular weight excluding hydrogens is 202 g/mol. The van der Waals surface area contributed by atoms with Gasteiger partial charge in [0.25, 0.3) is 0 Å². The molecule has 16 heavy (non-hydrogen) atoms. The smallest absolute Gasteiger partial charge is 0.156 e. The Labute approximate surface area is 95.3 Å². The summed E-state index contributed by atoms with van der Waals surface area (Å²) in [6.45, 7) is 2.91. The molecule has 0 saturated carbocycles. The fourth-order valence-electron chi connectivity index (χ4n) is 2.12. The highest BCUT2D eigenvalue weighted by Crippen LogP contribution is 2.21. The van der Waals surface area contributed by atoms with Gasteiger partial charge in [-0.25, -0.2) is 4.98 Å². The molecular formula is C12H17N3O. The predicted molar refractivity (Wildman–Crippen MR) is 63.0 cm³/mol. The second kappa shape index (κ2) is 4.22. The Kier molecular flexibility index (Phi) is 2.92. The monoisotopic (exact) mass is 219 g/mol. The summed E-state index contributed by atoms with van der Waals surface area (Å²) >= 11 is 0. The first-order valence-corrected chi connectivity index (χ1v) is 5.59. The molecule has 1 aliphatic heterocycles. The largest absolute Gasteiger partial charge is 0.384 e. The van der Waals surface area contributed by atoms with Crippen molar-refractivity contribution in [2.45, 2.75) is 31.7 Å². The van der Waals surface area contributed by atoms with Crippen LogP contribution in [0.15, 0.2) is 18.3 Å². The van der Waals surface area contributed by atoms with Gasteiger partial charge in [0.15, 0.2) is 5.78 Å². The van der Waals surface area contributed by atoms with E-state index in [0.29, 0.717) is 12.2 Å². The summed E-state index contributed by atoms with van der Waals surface area (Å²) in [6, 6.07) is 3.60. The fraction of sp³-hybridized carbons (Fsp3) is 0.500. The first-order chi connectivity index (χ1) is 7.60. The third-order valence-electron chi connectivity index (χ3n) is 3.19. The van der Waals surface area contributed by atoms with E-state index in [1.165, 1.54) is 0 Å². The van der Waals surface area contributed by atoms with Crippen molar-refractivity contribution in [1.82, 2.24) is 10.3 Å². The van der Waals surface area contributed by atoms with E-state index in [4.69, 9.17) is 5.73 Å². The molecule has 2 heterocycles. The second-order valence-electron chi connectivity index (χ2n) is 4.55. The third kappa shape index (κ3) is 2.22. The lowest BCUT2D eigenvalue weighted by atomic mass is 9.90. The van der Waals surface area contributed by atoms with Gasteiger partial charge in [0.2, 0.25) is 0 Å². The van der Waals surface area contributed by atoms with Gasteiger partial charge in [-0.05, 0) is 44.0 Å². The van der Waals surface area contributed by atoms with Crippen LogP contribution in [-0.4, -0.2) is 22.9 Å². The molecule has 1 fully saturated rings. The van der Waals surface area contributed by atoms with Crippen LogP contribution in [0.1, 0.15) is 25.3 Å². The Bertz CT molecular complexity index is 397. The SMILES string of the molecule is CC1(C(=O)Cc2ccnc(N)c2)CCCN1. The predicted octanol–water partition coefficient (Wildman–Crippen LogP) is 0.918.